The molecule has 0 bridgehead atoms. The van der Waals surface area contributed by atoms with Crippen molar-refractivity contribution in [1.29, 1.82) is 0 Å². The molecule has 5 heterocycles. The second-order valence-electron chi connectivity index (χ2n) is 18.1. The molecule has 4 aromatic heterocycles. The van der Waals surface area contributed by atoms with Gasteiger partial charge in [0.05, 0.1) is 16.9 Å². The summed E-state index contributed by atoms with van der Waals surface area (Å²) in [4.78, 5) is 0. The normalized spacial score (nSPS) is 13.1. The molecule has 0 unspecified atom stereocenters. The van der Waals surface area contributed by atoms with E-state index in [0.717, 1.165) is 105 Å². The third-order valence-corrected chi connectivity index (χ3v) is 12.4. The number of para-hydroxylation sites is 2. The maximum atomic E-state index is 6.83. The summed E-state index contributed by atoms with van der Waals surface area (Å²) in [6.07, 6.45) is 0. The van der Waals surface area contributed by atoms with Crippen LogP contribution in [0, 0.1) is 0 Å². The molecule has 1 aliphatic heterocycles. The van der Waals surface area contributed by atoms with E-state index in [2.05, 4.69) is 162 Å². The number of fused-ring (bicyclic) bond motifs is 13. The van der Waals surface area contributed by atoms with Crippen molar-refractivity contribution >= 4 is 106 Å². The van der Waals surface area contributed by atoms with Crippen molar-refractivity contribution in [3.8, 4) is 16.8 Å². The molecule has 1 aliphatic rings. The predicted molar refractivity (Wildman–Crippen MR) is 243 cm³/mol. The zero-order valence-corrected chi connectivity index (χ0v) is 33.4. The van der Waals surface area contributed by atoms with Crippen LogP contribution in [0.2, 0.25) is 0 Å². The molecule has 0 aliphatic carbocycles. The Morgan fingerprint density at radius 1 is 0.483 bits per heavy atom. The summed E-state index contributed by atoms with van der Waals surface area (Å²) in [5.41, 5.74) is 16.3. The van der Waals surface area contributed by atoms with E-state index in [9.17, 15) is 0 Å². The van der Waals surface area contributed by atoms with E-state index in [4.69, 9.17) is 13.3 Å². The van der Waals surface area contributed by atoms with Crippen molar-refractivity contribution in [2.45, 2.75) is 52.4 Å². The first-order valence-corrected chi connectivity index (χ1v) is 20.2. The summed E-state index contributed by atoms with van der Waals surface area (Å²) in [7, 11) is 2.26. The quantitative estimate of drug-likeness (QED) is 0.183. The van der Waals surface area contributed by atoms with Crippen LogP contribution in [-0.2, 0) is 10.8 Å². The molecule has 1 radical (unpaired) electrons. The Bertz CT molecular complexity index is 3530. The van der Waals surface area contributed by atoms with Crippen LogP contribution < -0.4 is 16.4 Å². The van der Waals surface area contributed by atoms with Gasteiger partial charge in [0.15, 0.2) is 0 Å². The highest BCUT2D eigenvalue weighted by Gasteiger charge is 2.32. The molecular weight excluding hydrogens is 711 g/mol. The molecule has 58 heavy (non-hydrogen) atoms. The Morgan fingerprint density at radius 3 is 1.83 bits per heavy atom. The monoisotopic (exact) mass is 751 g/mol. The number of rotatable bonds is 3. The topological polar surface area (TPSA) is 56.4 Å². The second kappa shape index (κ2) is 11.5. The number of nitrogens with zero attached hydrogens (tertiary/aromatic N) is 1. The average molecular weight is 752 g/mol. The van der Waals surface area contributed by atoms with E-state index in [1.165, 1.54) is 21.9 Å². The SMILES string of the molecule is CC(C)(C)c1ccc(Nc2cc3c(cc2-c2ccc4c5cc6c(cc5n5c4c2[B]c2oc4ccc(C(C)(C)C)cc4c2-5)oc2ccccc26)oc2ccccc23)cc1. The number of hydrogen-bond acceptors (Lipinski definition) is 4. The van der Waals surface area contributed by atoms with Crippen molar-refractivity contribution in [2.75, 3.05) is 5.32 Å². The van der Waals surface area contributed by atoms with Gasteiger partial charge in [-0.1, -0.05) is 108 Å². The molecule has 7 aromatic carbocycles. The lowest BCUT2D eigenvalue weighted by atomic mass is 9.62. The van der Waals surface area contributed by atoms with Gasteiger partial charge in [0.2, 0.25) is 7.28 Å². The third-order valence-electron chi connectivity index (χ3n) is 12.4. The predicted octanol–water partition coefficient (Wildman–Crippen LogP) is 13.3. The first-order valence-electron chi connectivity index (χ1n) is 20.2. The number of hydrogen-bond donors (Lipinski definition) is 1. The van der Waals surface area contributed by atoms with Gasteiger partial charge in [-0.05, 0) is 87.6 Å². The van der Waals surface area contributed by atoms with E-state index in [1.54, 1.807) is 0 Å². The maximum Gasteiger partial charge on any atom is 0.247 e. The summed E-state index contributed by atoms with van der Waals surface area (Å²) >= 11 is 0. The van der Waals surface area contributed by atoms with Crippen LogP contribution >= 0.6 is 0 Å². The lowest BCUT2D eigenvalue weighted by molar-refractivity contribution is 0.590. The minimum Gasteiger partial charge on any atom is -0.469 e. The molecule has 11 aromatic rings. The van der Waals surface area contributed by atoms with Gasteiger partial charge in [0.25, 0.3) is 0 Å². The Labute approximate surface area is 336 Å². The third kappa shape index (κ3) is 4.78. The van der Waals surface area contributed by atoms with Crippen LogP contribution in [0.5, 0.6) is 0 Å². The molecule has 0 atom stereocenters. The van der Waals surface area contributed by atoms with Gasteiger partial charge in [-0.2, -0.15) is 0 Å². The summed E-state index contributed by atoms with van der Waals surface area (Å²) in [6.45, 7) is 13.5. The molecule has 12 rings (SSSR count). The number of nitrogens with one attached hydrogen (secondary N) is 1. The van der Waals surface area contributed by atoms with Crippen molar-refractivity contribution in [2.24, 2.45) is 0 Å². The maximum absolute atomic E-state index is 6.83. The highest BCUT2D eigenvalue weighted by atomic mass is 16.3. The summed E-state index contributed by atoms with van der Waals surface area (Å²) < 4.78 is 22.3. The number of benzene rings is 7. The lowest BCUT2D eigenvalue weighted by Gasteiger charge is -2.22. The Hall–Kier alpha value is -6.66. The second-order valence-corrected chi connectivity index (χ2v) is 18.1. The molecular formula is C52H40BN2O3. The lowest BCUT2D eigenvalue weighted by Crippen LogP contribution is -2.36. The van der Waals surface area contributed by atoms with Crippen LogP contribution in [0.3, 0.4) is 0 Å². The fourth-order valence-electron chi connectivity index (χ4n) is 9.30. The van der Waals surface area contributed by atoms with Crippen molar-refractivity contribution in [3.63, 3.8) is 0 Å². The van der Waals surface area contributed by atoms with Crippen LogP contribution in [0.1, 0.15) is 52.7 Å². The molecule has 1 N–H and O–H groups in total. The van der Waals surface area contributed by atoms with Crippen LogP contribution in [-0.4, -0.2) is 11.8 Å². The summed E-state index contributed by atoms with van der Waals surface area (Å²) in [5.74, 6) is 0. The largest absolute Gasteiger partial charge is 0.469 e. The van der Waals surface area contributed by atoms with Crippen molar-refractivity contribution < 1.29 is 13.3 Å². The molecule has 5 nitrogen and oxygen atoms in total. The van der Waals surface area contributed by atoms with E-state index in [1.807, 2.05) is 24.3 Å². The fourth-order valence-corrected chi connectivity index (χ4v) is 9.30. The van der Waals surface area contributed by atoms with Crippen LogP contribution in [0.15, 0.2) is 141 Å². The summed E-state index contributed by atoms with van der Waals surface area (Å²) in [5, 5.41) is 11.7. The standard InChI is InChI=1S/C52H40BN2O3/c1-51(2,3)28-15-18-30(19-16-28)54-40-25-38-32-12-8-10-14-43(32)56-45(38)26-35(40)33-20-21-34-36-24-37-31-11-7-9-13-42(31)57-46(37)27-41(36)55-48(34)47(33)53-50-49(55)39-23-29(52(4,5)6)17-22-44(39)58-50/h7-27,54H,1-6H3. The van der Waals surface area contributed by atoms with Gasteiger partial charge in [0, 0.05) is 66.2 Å². The van der Waals surface area contributed by atoms with Gasteiger partial charge in [0.1, 0.15) is 27.9 Å². The van der Waals surface area contributed by atoms with Crippen molar-refractivity contribution in [1.82, 2.24) is 4.57 Å². The highest BCUT2D eigenvalue weighted by molar-refractivity contribution is 6.73. The van der Waals surface area contributed by atoms with Gasteiger partial charge in [-0.25, -0.2) is 0 Å². The van der Waals surface area contributed by atoms with Gasteiger partial charge >= 0.3 is 0 Å². The van der Waals surface area contributed by atoms with Crippen LogP contribution in [0.4, 0.5) is 11.4 Å². The zero-order valence-electron chi connectivity index (χ0n) is 33.4. The van der Waals surface area contributed by atoms with E-state index in [0.29, 0.717) is 0 Å². The molecule has 279 valence electrons. The molecule has 6 heteroatoms. The van der Waals surface area contributed by atoms with E-state index in [-0.39, 0.29) is 10.8 Å². The minimum atomic E-state index is -0.0257. The highest BCUT2D eigenvalue weighted by Crippen LogP contribution is 2.44. The zero-order chi connectivity index (χ0) is 39.2. The van der Waals surface area contributed by atoms with Crippen molar-refractivity contribution in [3.05, 3.63) is 139 Å². The number of anilines is 2. The number of furan rings is 3. The Kier molecular flexibility index (Phi) is 6.63. The molecule has 0 saturated carbocycles. The molecule has 0 spiro atoms. The number of aromatic nitrogens is 1. The van der Waals surface area contributed by atoms with Gasteiger partial charge in [-0.15, -0.1) is 0 Å². The van der Waals surface area contributed by atoms with Gasteiger partial charge in [-0.3, -0.25) is 0 Å². The smallest absolute Gasteiger partial charge is 0.247 e. The van der Waals surface area contributed by atoms with Crippen LogP contribution in [0.25, 0.3) is 93.5 Å². The molecule has 0 saturated heterocycles. The Balaban J connectivity index is 1.16. The van der Waals surface area contributed by atoms with E-state index >= 15 is 0 Å². The van der Waals surface area contributed by atoms with Gasteiger partial charge < -0.3 is 23.1 Å². The summed E-state index contributed by atoms with van der Waals surface area (Å²) in [6, 6.07) is 45.7. The first-order chi connectivity index (χ1) is 28.0. The average Bonchev–Trinajstić information content (AvgIpc) is 3.95. The fraction of sp³-hybridized carbons (Fsp3) is 0.154. The first kappa shape index (κ1) is 33.5. The molecule has 0 fully saturated rings. The van der Waals surface area contributed by atoms with E-state index < -0.39 is 0 Å². The Morgan fingerprint density at radius 2 is 1.12 bits per heavy atom. The molecule has 0 amide bonds. The minimum absolute atomic E-state index is 0.0257.